The molecule has 4 rings (SSSR count). The van der Waals surface area contributed by atoms with Gasteiger partial charge >= 0.3 is 0 Å². The maximum Gasteiger partial charge on any atom is 0.185 e. The van der Waals surface area contributed by atoms with Crippen LogP contribution in [0.5, 0.6) is 5.75 Å². The van der Waals surface area contributed by atoms with Gasteiger partial charge in [-0.1, -0.05) is 6.07 Å². The Labute approximate surface area is 175 Å². The second-order valence-corrected chi connectivity index (χ2v) is 7.13. The molecule has 0 saturated carbocycles. The van der Waals surface area contributed by atoms with Crippen LogP contribution < -0.4 is 4.74 Å². The average molecular weight is 398 g/mol. The molecular weight excluding hydrogens is 376 g/mol. The molecule has 0 amide bonds. The first-order valence-corrected chi connectivity index (χ1v) is 9.67. The lowest BCUT2D eigenvalue weighted by Crippen LogP contribution is -1.96. The van der Waals surface area contributed by atoms with E-state index in [4.69, 9.17) is 9.15 Å². The first-order valence-electron chi connectivity index (χ1n) is 9.67. The van der Waals surface area contributed by atoms with Gasteiger partial charge in [-0.15, -0.1) is 0 Å². The summed E-state index contributed by atoms with van der Waals surface area (Å²) in [4.78, 5) is 16.4. The summed E-state index contributed by atoms with van der Waals surface area (Å²) in [6.45, 7) is 4.41. The van der Waals surface area contributed by atoms with Crippen LogP contribution in [0.2, 0.25) is 0 Å². The van der Waals surface area contributed by atoms with Crippen LogP contribution in [-0.2, 0) is 6.61 Å². The summed E-state index contributed by atoms with van der Waals surface area (Å²) in [6.07, 6.45) is 8.47. The summed E-state index contributed by atoms with van der Waals surface area (Å²) in [5, 5.41) is 0. The molecule has 0 radical (unpaired) electrons. The minimum Gasteiger partial charge on any atom is -0.486 e. The first-order chi connectivity index (χ1) is 14.6. The smallest absolute Gasteiger partial charge is 0.185 e. The number of benzene rings is 2. The van der Waals surface area contributed by atoms with Gasteiger partial charge < -0.3 is 13.7 Å². The number of nitrogens with zero attached hydrogens (tertiary/aromatic N) is 2. The summed E-state index contributed by atoms with van der Waals surface area (Å²) < 4.78 is 13.4. The average Bonchev–Trinajstić information content (AvgIpc) is 3.42. The van der Waals surface area contributed by atoms with E-state index >= 15 is 0 Å². The Bertz CT molecular complexity index is 1150. The minimum atomic E-state index is -0.0865. The van der Waals surface area contributed by atoms with E-state index in [9.17, 15) is 4.79 Å². The molecule has 5 heteroatoms. The van der Waals surface area contributed by atoms with E-state index in [1.807, 2.05) is 61.0 Å². The summed E-state index contributed by atoms with van der Waals surface area (Å²) in [5.41, 5.74) is 3.88. The number of furan rings is 1. The Hall–Kier alpha value is -3.86. The van der Waals surface area contributed by atoms with E-state index in [-0.39, 0.29) is 5.78 Å². The molecule has 0 aliphatic heterocycles. The Morgan fingerprint density at radius 1 is 1.07 bits per heavy atom. The molecule has 0 aliphatic carbocycles. The first kappa shape index (κ1) is 19.5. The summed E-state index contributed by atoms with van der Waals surface area (Å²) in [6, 6.07) is 17.1. The highest BCUT2D eigenvalue weighted by Gasteiger charge is 2.05. The molecule has 0 spiro atoms. The molecule has 0 N–H and O–H groups in total. The number of carbonyl (C=O) groups excluding carboxylic acids is 1. The molecule has 30 heavy (non-hydrogen) atoms. The van der Waals surface area contributed by atoms with E-state index in [0.29, 0.717) is 23.7 Å². The number of imidazole rings is 1. The van der Waals surface area contributed by atoms with Crippen molar-refractivity contribution in [3.63, 3.8) is 0 Å². The van der Waals surface area contributed by atoms with Gasteiger partial charge in [-0.3, -0.25) is 4.79 Å². The topological polar surface area (TPSA) is 57.3 Å². The third-order valence-electron chi connectivity index (χ3n) is 4.61. The van der Waals surface area contributed by atoms with Crippen molar-refractivity contribution in [1.82, 2.24) is 9.55 Å². The van der Waals surface area contributed by atoms with E-state index in [1.165, 1.54) is 6.08 Å². The fraction of sp³-hybridized carbons (Fsp3) is 0.120. The molecule has 0 bridgehead atoms. The summed E-state index contributed by atoms with van der Waals surface area (Å²) in [7, 11) is 0. The van der Waals surface area contributed by atoms with Gasteiger partial charge in [0.1, 0.15) is 23.9 Å². The van der Waals surface area contributed by atoms with E-state index in [0.717, 1.165) is 22.6 Å². The van der Waals surface area contributed by atoms with E-state index < -0.39 is 0 Å². The van der Waals surface area contributed by atoms with Crippen LogP contribution >= 0.6 is 0 Å². The number of hydrogen-bond donors (Lipinski definition) is 0. The molecule has 0 unspecified atom stereocenters. The number of hydrogen-bond acceptors (Lipinski definition) is 4. The molecule has 2 aromatic carbocycles. The predicted octanol–water partition coefficient (Wildman–Crippen LogP) is 5.56. The van der Waals surface area contributed by atoms with Crippen molar-refractivity contribution in [1.29, 1.82) is 0 Å². The molecule has 0 atom stereocenters. The van der Waals surface area contributed by atoms with Crippen LogP contribution in [0.15, 0.2) is 83.8 Å². The summed E-state index contributed by atoms with van der Waals surface area (Å²) in [5.74, 6) is 2.04. The number of ketones is 1. The number of aryl methyl sites for hydroxylation is 2. The zero-order chi connectivity index (χ0) is 20.9. The van der Waals surface area contributed by atoms with Crippen LogP contribution in [0, 0.1) is 13.8 Å². The fourth-order valence-corrected chi connectivity index (χ4v) is 3.20. The highest BCUT2D eigenvalue weighted by molar-refractivity contribution is 6.06. The van der Waals surface area contributed by atoms with Crippen molar-refractivity contribution in [2.24, 2.45) is 0 Å². The molecule has 2 heterocycles. The van der Waals surface area contributed by atoms with Crippen molar-refractivity contribution < 1.29 is 13.9 Å². The lowest BCUT2D eigenvalue weighted by atomic mass is 10.1. The molecule has 5 nitrogen and oxygen atoms in total. The maximum atomic E-state index is 12.4. The van der Waals surface area contributed by atoms with Gasteiger partial charge in [0.15, 0.2) is 5.78 Å². The van der Waals surface area contributed by atoms with Crippen LogP contribution in [0.4, 0.5) is 0 Å². The van der Waals surface area contributed by atoms with Crippen molar-refractivity contribution in [2.45, 2.75) is 20.5 Å². The molecule has 150 valence electrons. The van der Waals surface area contributed by atoms with Gasteiger partial charge in [-0.2, -0.15) is 0 Å². The predicted molar refractivity (Wildman–Crippen MR) is 116 cm³/mol. The quantitative estimate of drug-likeness (QED) is 0.302. The molecule has 2 aromatic heterocycles. The minimum absolute atomic E-state index is 0.0865. The zero-order valence-electron chi connectivity index (χ0n) is 16.9. The van der Waals surface area contributed by atoms with Crippen molar-refractivity contribution >= 4 is 11.9 Å². The Morgan fingerprint density at radius 3 is 2.53 bits per heavy atom. The SMILES string of the molecule is Cc1cc(C)cc(OCc2ccc(/C=C/C(=O)c3ccc(-n4ccnc4)cc3)o2)c1. The number of aromatic nitrogens is 2. The lowest BCUT2D eigenvalue weighted by molar-refractivity contribution is 0.104. The van der Waals surface area contributed by atoms with Crippen LogP contribution in [0.1, 0.15) is 33.0 Å². The van der Waals surface area contributed by atoms with E-state index in [2.05, 4.69) is 11.1 Å². The molecule has 4 aromatic rings. The van der Waals surface area contributed by atoms with Crippen LogP contribution in [-0.4, -0.2) is 15.3 Å². The van der Waals surface area contributed by atoms with Gasteiger partial charge in [-0.25, -0.2) is 4.98 Å². The number of allylic oxidation sites excluding steroid dienone is 1. The van der Waals surface area contributed by atoms with Crippen molar-refractivity contribution in [2.75, 3.05) is 0 Å². The third-order valence-corrected chi connectivity index (χ3v) is 4.61. The van der Waals surface area contributed by atoms with Gasteiger partial charge in [0.2, 0.25) is 0 Å². The Balaban J connectivity index is 1.36. The molecule has 0 fully saturated rings. The van der Waals surface area contributed by atoms with Crippen molar-refractivity contribution in [3.05, 3.63) is 108 Å². The number of carbonyl (C=O) groups is 1. The van der Waals surface area contributed by atoms with Gasteiger partial charge in [-0.05, 0) is 85.7 Å². The highest BCUT2D eigenvalue weighted by Crippen LogP contribution is 2.19. The molecule has 0 saturated heterocycles. The van der Waals surface area contributed by atoms with Crippen LogP contribution in [0.25, 0.3) is 11.8 Å². The standard InChI is InChI=1S/C25H22N2O3/c1-18-13-19(2)15-24(14-18)29-16-23-8-7-22(30-23)9-10-25(28)20-3-5-21(6-4-20)27-12-11-26-17-27/h3-15,17H,16H2,1-2H3/b10-9+. The van der Waals surface area contributed by atoms with Crippen LogP contribution in [0.3, 0.4) is 0 Å². The Kier molecular flexibility index (Phi) is 5.61. The second-order valence-electron chi connectivity index (χ2n) is 7.13. The van der Waals surface area contributed by atoms with Gasteiger partial charge in [0.25, 0.3) is 0 Å². The highest BCUT2D eigenvalue weighted by atomic mass is 16.5. The summed E-state index contributed by atoms with van der Waals surface area (Å²) >= 11 is 0. The van der Waals surface area contributed by atoms with Gasteiger partial charge in [0, 0.05) is 23.6 Å². The van der Waals surface area contributed by atoms with Gasteiger partial charge in [0.05, 0.1) is 6.33 Å². The Morgan fingerprint density at radius 2 is 1.83 bits per heavy atom. The van der Waals surface area contributed by atoms with Crippen molar-refractivity contribution in [3.8, 4) is 11.4 Å². The van der Waals surface area contributed by atoms with E-state index in [1.54, 1.807) is 30.7 Å². The lowest BCUT2D eigenvalue weighted by Gasteiger charge is -2.06. The largest absolute Gasteiger partial charge is 0.486 e. The maximum absolute atomic E-state index is 12.4. The normalized spacial score (nSPS) is 11.1. The number of ether oxygens (including phenoxy) is 1. The third kappa shape index (κ3) is 4.75. The molecule has 0 aliphatic rings. The fourth-order valence-electron chi connectivity index (χ4n) is 3.20. The second kappa shape index (κ2) is 8.66. The number of rotatable bonds is 7. The molecular formula is C25H22N2O3. The monoisotopic (exact) mass is 398 g/mol. The zero-order valence-corrected chi connectivity index (χ0v) is 16.9.